The van der Waals surface area contributed by atoms with E-state index in [1.807, 2.05) is 39.1 Å². The molecule has 3 heterocycles. The summed E-state index contributed by atoms with van der Waals surface area (Å²) in [6.45, 7) is 20.0. The van der Waals surface area contributed by atoms with Crippen LogP contribution in [0.5, 0.6) is 0 Å². The van der Waals surface area contributed by atoms with Crippen LogP contribution in [-0.4, -0.2) is 62.6 Å². The minimum absolute atomic E-state index is 0.0673. The molecule has 4 aliphatic carbocycles. The Balaban J connectivity index is 1.15. The van der Waals surface area contributed by atoms with Gasteiger partial charge in [0.25, 0.3) is 0 Å². The van der Waals surface area contributed by atoms with Crippen LogP contribution < -0.4 is 15.5 Å². The van der Waals surface area contributed by atoms with Gasteiger partial charge in [-0.2, -0.15) is 5.10 Å². The highest BCUT2D eigenvalue weighted by molar-refractivity contribution is 5.96. The van der Waals surface area contributed by atoms with Crippen LogP contribution in [0.2, 0.25) is 0 Å². The number of hydrogen-bond acceptors (Lipinski definition) is 8. The number of fused-ring (bicyclic) bond motifs is 1. The van der Waals surface area contributed by atoms with Crippen LogP contribution in [0.1, 0.15) is 121 Å². The highest BCUT2D eigenvalue weighted by atomic mass is 16.6. The number of aromatic nitrogens is 3. The number of alkyl carbamates (subject to hydrolysis) is 1. The minimum atomic E-state index is -0.683. The first kappa shape index (κ1) is 37.9. The molecule has 11 nitrogen and oxygen atoms in total. The summed E-state index contributed by atoms with van der Waals surface area (Å²) in [6.07, 6.45) is 8.08. The third kappa shape index (κ3) is 7.87. The highest BCUT2D eigenvalue weighted by Gasteiger charge is 2.66. The topological polar surface area (TPSA) is 128 Å². The number of carbonyl (C=O) groups excluding carboxylic acids is 3. The first-order valence-corrected chi connectivity index (χ1v) is 19.5. The van der Waals surface area contributed by atoms with Crippen molar-refractivity contribution in [1.29, 1.82) is 0 Å². The molecule has 0 saturated heterocycles. The Morgan fingerprint density at radius 2 is 1.50 bits per heavy atom. The van der Waals surface area contributed by atoms with E-state index in [9.17, 15) is 14.4 Å². The molecule has 4 saturated carbocycles. The van der Waals surface area contributed by atoms with E-state index in [1.165, 1.54) is 11.1 Å². The molecule has 0 spiro atoms. The smallest absolute Gasteiger partial charge is 0.408 e. The van der Waals surface area contributed by atoms with E-state index in [2.05, 4.69) is 65.3 Å². The van der Waals surface area contributed by atoms with Crippen molar-refractivity contribution in [3.8, 4) is 11.1 Å². The van der Waals surface area contributed by atoms with Crippen LogP contribution in [0.15, 0.2) is 42.6 Å². The van der Waals surface area contributed by atoms with E-state index in [4.69, 9.17) is 19.6 Å². The zero-order valence-electron chi connectivity index (χ0n) is 33.6. The quantitative estimate of drug-likeness (QED) is 0.227. The molecule has 4 bridgehead atoms. The Hall–Kier alpha value is -4.41. The molecule has 1 aliphatic heterocycles. The molecule has 2 amide bonds. The van der Waals surface area contributed by atoms with Gasteiger partial charge in [-0.3, -0.25) is 9.48 Å². The maximum atomic E-state index is 13.8. The van der Waals surface area contributed by atoms with Gasteiger partial charge in [-0.1, -0.05) is 38.1 Å². The van der Waals surface area contributed by atoms with Crippen LogP contribution in [-0.2, 0) is 33.8 Å². The highest BCUT2D eigenvalue weighted by Crippen LogP contribution is 2.71. The van der Waals surface area contributed by atoms with Crippen LogP contribution in [0.3, 0.4) is 0 Å². The van der Waals surface area contributed by atoms with Gasteiger partial charge in [0, 0.05) is 42.0 Å². The van der Waals surface area contributed by atoms with Gasteiger partial charge >= 0.3 is 12.1 Å². The number of esters is 1. The summed E-state index contributed by atoms with van der Waals surface area (Å²) in [7, 11) is 0. The Bertz CT molecular complexity index is 1950. The molecule has 0 radical (unpaired) electrons. The summed E-state index contributed by atoms with van der Waals surface area (Å²) in [5.41, 5.74) is 3.81. The molecule has 5 aliphatic rings. The van der Waals surface area contributed by atoms with Gasteiger partial charge in [0.15, 0.2) is 5.69 Å². The molecule has 8 rings (SSSR count). The second kappa shape index (κ2) is 13.1. The lowest BCUT2D eigenvalue weighted by Gasteiger charge is -2.69. The van der Waals surface area contributed by atoms with Crippen molar-refractivity contribution in [3.63, 3.8) is 0 Å². The molecule has 1 aromatic carbocycles. The zero-order chi connectivity index (χ0) is 38.9. The van der Waals surface area contributed by atoms with Crippen molar-refractivity contribution in [3.05, 3.63) is 65.1 Å². The van der Waals surface area contributed by atoms with Crippen molar-refractivity contribution in [2.75, 3.05) is 18.0 Å². The van der Waals surface area contributed by atoms with E-state index in [-0.39, 0.29) is 34.2 Å². The fourth-order valence-corrected chi connectivity index (χ4v) is 11.3. The third-order valence-electron chi connectivity index (χ3n) is 11.7. The van der Waals surface area contributed by atoms with Gasteiger partial charge in [0.1, 0.15) is 23.6 Å². The Morgan fingerprint density at radius 1 is 0.833 bits per heavy atom. The molecule has 11 heteroatoms. The number of benzene rings is 1. The van der Waals surface area contributed by atoms with Crippen LogP contribution in [0.25, 0.3) is 11.1 Å². The van der Waals surface area contributed by atoms with Crippen molar-refractivity contribution >= 4 is 23.8 Å². The van der Waals surface area contributed by atoms with E-state index in [1.54, 1.807) is 20.8 Å². The van der Waals surface area contributed by atoms with E-state index >= 15 is 0 Å². The molecule has 2 N–H and O–H groups in total. The summed E-state index contributed by atoms with van der Waals surface area (Å²) in [4.78, 5) is 46.8. The zero-order valence-corrected chi connectivity index (χ0v) is 33.6. The Labute approximate surface area is 320 Å². The fourth-order valence-electron chi connectivity index (χ4n) is 11.3. The summed E-state index contributed by atoms with van der Waals surface area (Å²) in [5.74, 6) is 0.106. The molecule has 54 heavy (non-hydrogen) atoms. The van der Waals surface area contributed by atoms with Crippen molar-refractivity contribution in [2.24, 2.45) is 16.2 Å². The monoisotopic (exact) mass is 738 g/mol. The number of pyridine rings is 1. The predicted molar refractivity (Wildman–Crippen MR) is 208 cm³/mol. The van der Waals surface area contributed by atoms with Crippen LogP contribution >= 0.6 is 0 Å². The average molecular weight is 739 g/mol. The number of nitrogens with one attached hydrogen (secondary N) is 2. The lowest BCUT2D eigenvalue weighted by Crippen LogP contribution is -2.69. The van der Waals surface area contributed by atoms with Gasteiger partial charge in [-0.25, -0.2) is 14.6 Å². The number of carbonyl (C=O) groups is 3. The molecular formula is C43H58N6O5. The second-order valence-corrected chi connectivity index (χ2v) is 19.7. The van der Waals surface area contributed by atoms with E-state index in [0.29, 0.717) is 17.8 Å². The molecule has 2 atom stereocenters. The number of ether oxygens (including phenoxy) is 2. The summed E-state index contributed by atoms with van der Waals surface area (Å²) >= 11 is 0. The van der Waals surface area contributed by atoms with Gasteiger partial charge in [-0.15, -0.1) is 0 Å². The normalized spacial score (nSPS) is 27.3. The SMILES string of the molecule is Cc1c(-c2ccc(N3CCc4ccccc4C3)nc2C(=O)OC(C)(C)C)cnn1CC12CC3(C)CC(C)(C1)CC(NC(=O)CNC(=O)OC(C)(C)C)(C3)C2. The number of nitrogens with zero attached hydrogens (tertiary/aromatic N) is 4. The summed E-state index contributed by atoms with van der Waals surface area (Å²) in [6, 6.07) is 12.5. The first-order chi connectivity index (χ1) is 25.1. The number of amides is 2. The Morgan fingerprint density at radius 3 is 2.17 bits per heavy atom. The number of rotatable bonds is 8. The minimum Gasteiger partial charge on any atom is -0.455 e. The third-order valence-corrected chi connectivity index (χ3v) is 11.7. The Kier molecular flexibility index (Phi) is 9.20. The summed E-state index contributed by atoms with van der Waals surface area (Å²) in [5, 5.41) is 11.0. The average Bonchev–Trinajstić information content (AvgIpc) is 3.38. The second-order valence-electron chi connectivity index (χ2n) is 19.7. The molecule has 290 valence electrons. The number of anilines is 1. The lowest BCUT2D eigenvalue weighted by atomic mass is 9.38. The van der Waals surface area contributed by atoms with Gasteiger partial charge in [0.05, 0.1) is 6.20 Å². The molecular weight excluding hydrogens is 681 g/mol. The van der Waals surface area contributed by atoms with Gasteiger partial charge < -0.3 is 25.0 Å². The van der Waals surface area contributed by atoms with Crippen molar-refractivity contribution in [2.45, 2.75) is 137 Å². The molecule has 3 aromatic rings. The first-order valence-electron chi connectivity index (χ1n) is 19.5. The molecule has 4 fully saturated rings. The molecule has 2 aromatic heterocycles. The maximum absolute atomic E-state index is 13.8. The standard InChI is InChI=1S/C43H58N6O5/c1-28-32(31-14-15-33(46-35(31)36(51)53-38(2,3)4)48-17-16-29-12-10-11-13-30(29)20-48)18-45-49(28)27-42-22-40(8)21-41(9,23-42)25-43(24-40,26-42)47-34(50)19-44-37(52)54-39(5,6)7/h10-15,18H,16-17,19-27H2,1-9H3,(H,44,52)(H,47,50). The van der Waals surface area contributed by atoms with Crippen LogP contribution in [0.4, 0.5) is 10.6 Å². The van der Waals surface area contributed by atoms with Crippen LogP contribution in [0, 0.1) is 23.2 Å². The van der Waals surface area contributed by atoms with Crippen molar-refractivity contribution in [1.82, 2.24) is 25.4 Å². The lowest BCUT2D eigenvalue weighted by molar-refractivity contribution is -0.174. The van der Waals surface area contributed by atoms with Crippen molar-refractivity contribution < 1.29 is 23.9 Å². The summed E-state index contributed by atoms with van der Waals surface area (Å²) < 4.78 is 13.4. The molecule has 2 unspecified atom stereocenters. The predicted octanol–water partition coefficient (Wildman–Crippen LogP) is 7.53. The number of hydrogen-bond donors (Lipinski definition) is 2. The fraction of sp³-hybridized carbons (Fsp3) is 0.605. The van der Waals surface area contributed by atoms with Gasteiger partial charge in [-0.05, 0) is 133 Å². The van der Waals surface area contributed by atoms with E-state index in [0.717, 1.165) is 75.1 Å². The van der Waals surface area contributed by atoms with Gasteiger partial charge in [0.2, 0.25) is 5.91 Å². The largest absolute Gasteiger partial charge is 0.455 e. The van der Waals surface area contributed by atoms with E-state index < -0.39 is 23.3 Å². The maximum Gasteiger partial charge on any atom is 0.408 e.